The number of amides is 1. The van der Waals surface area contributed by atoms with Crippen LogP contribution < -0.4 is 5.73 Å². The summed E-state index contributed by atoms with van der Waals surface area (Å²) in [7, 11) is 0. The SMILES string of the molecule is CC1COCCN1C(=O)C[C@@H]1CCC[C@H]1N. The van der Waals surface area contributed by atoms with E-state index in [0.717, 1.165) is 19.4 Å². The number of carbonyl (C=O) groups excluding carboxylic acids is 1. The van der Waals surface area contributed by atoms with Crippen LogP contribution in [-0.4, -0.2) is 42.6 Å². The minimum atomic E-state index is 0.221. The van der Waals surface area contributed by atoms with Crippen LogP contribution in [0.5, 0.6) is 0 Å². The summed E-state index contributed by atoms with van der Waals surface area (Å²) in [5.41, 5.74) is 6.00. The Labute approximate surface area is 97.1 Å². The molecule has 1 aliphatic heterocycles. The molecule has 0 aromatic carbocycles. The third-order valence-corrected chi connectivity index (χ3v) is 3.84. The molecule has 16 heavy (non-hydrogen) atoms. The van der Waals surface area contributed by atoms with Gasteiger partial charge in [0.25, 0.3) is 0 Å². The predicted octanol–water partition coefficient (Wildman–Crippen LogP) is 0.751. The smallest absolute Gasteiger partial charge is 0.223 e. The van der Waals surface area contributed by atoms with E-state index >= 15 is 0 Å². The molecule has 0 radical (unpaired) electrons. The minimum absolute atomic E-state index is 0.221. The second kappa shape index (κ2) is 5.15. The maximum Gasteiger partial charge on any atom is 0.223 e. The van der Waals surface area contributed by atoms with Crippen molar-refractivity contribution in [3.05, 3.63) is 0 Å². The lowest BCUT2D eigenvalue weighted by atomic mass is 9.99. The van der Waals surface area contributed by atoms with Gasteiger partial charge in [0.1, 0.15) is 0 Å². The van der Waals surface area contributed by atoms with E-state index in [1.165, 1.54) is 6.42 Å². The van der Waals surface area contributed by atoms with Gasteiger partial charge in [-0.2, -0.15) is 0 Å². The molecular formula is C12H22N2O2. The molecular weight excluding hydrogens is 204 g/mol. The van der Waals surface area contributed by atoms with E-state index in [0.29, 0.717) is 25.6 Å². The Bertz CT molecular complexity index is 257. The van der Waals surface area contributed by atoms with Crippen LogP contribution in [0.1, 0.15) is 32.6 Å². The molecule has 0 bridgehead atoms. The molecule has 0 spiro atoms. The number of carbonyl (C=O) groups is 1. The molecule has 4 heteroatoms. The highest BCUT2D eigenvalue weighted by atomic mass is 16.5. The quantitative estimate of drug-likeness (QED) is 0.756. The van der Waals surface area contributed by atoms with Gasteiger partial charge in [0.15, 0.2) is 0 Å². The van der Waals surface area contributed by atoms with E-state index in [-0.39, 0.29) is 18.0 Å². The van der Waals surface area contributed by atoms with Gasteiger partial charge in [0.05, 0.1) is 19.3 Å². The summed E-state index contributed by atoms with van der Waals surface area (Å²) in [6.07, 6.45) is 4.01. The van der Waals surface area contributed by atoms with Crippen LogP contribution in [0.4, 0.5) is 0 Å². The molecule has 2 aliphatic rings. The molecule has 2 fully saturated rings. The van der Waals surface area contributed by atoms with Gasteiger partial charge in [-0.25, -0.2) is 0 Å². The Kier molecular flexibility index (Phi) is 3.82. The lowest BCUT2D eigenvalue weighted by molar-refractivity contribution is -0.140. The highest BCUT2D eigenvalue weighted by Crippen LogP contribution is 2.27. The predicted molar refractivity (Wildman–Crippen MR) is 61.9 cm³/mol. The lowest BCUT2D eigenvalue weighted by Crippen LogP contribution is -2.48. The largest absolute Gasteiger partial charge is 0.377 e. The molecule has 2 rings (SSSR count). The summed E-state index contributed by atoms with van der Waals surface area (Å²) in [6, 6.07) is 0.458. The summed E-state index contributed by atoms with van der Waals surface area (Å²) >= 11 is 0. The molecule has 3 atom stereocenters. The van der Waals surface area contributed by atoms with Gasteiger partial charge in [-0.3, -0.25) is 4.79 Å². The normalized spacial score (nSPS) is 35.4. The van der Waals surface area contributed by atoms with Crippen molar-refractivity contribution in [2.45, 2.75) is 44.7 Å². The summed E-state index contributed by atoms with van der Waals surface area (Å²) in [5.74, 6) is 0.667. The molecule has 1 saturated heterocycles. The Hall–Kier alpha value is -0.610. The van der Waals surface area contributed by atoms with Crippen molar-refractivity contribution in [2.24, 2.45) is 11.7 Å². The van der Waals surface area contributed by atoms with Gasteiger partial charge in [-0.05, 0) is 25.7 Å². The number of nitrogens with zero attached hydrogens (tertiary/aromatic N) is 1. The molecule has 1 saturated carbocycles. The zero-order chi connectivity index (χ0) is 11.5. The number of ether oxygens (including phenoxy) is 1. The van der Waals surface area contributed by atoms with Crippen LogP contribution in [0.2, 0.25) is 0 Å². The van der Waals surface area contributed by atoms with Crippen LogP contribution >= 0.6 is 0 Å². The van der Waals surface area contributed by atoms with E-state index in [1.807, 2.05) is 11.8 Å². The Balaban J connectivity index is 1.86. The summed E-state index contributed by atoms with van der Waals surface area (Å²) in [5, 5.41) is 0. The third-order valence-electron chi connectivity index (χ3n) is 3.84. The fraction of sp³-hybridized carbons (Fsp3) is 0.917. The van der Waals surface area contributed by atoms with E-state index in [4.69, 9.17) is 10.5 Å². The maximum atomic E-state index is 12.1. The average molecular weight is 226 g/mol. The summed E-state index contributed by atoms with van der Waals surface area (Å²) in [6.45, 7) is 4.13. The second-order valence-corrected chi connectivity index (χ2v) is 5.07. The van der Waals surface area contributed by atoms with Crippen molar-refractivity contribution in [2.75, 3.05) is 19.8 Å². The zero-order valence-electron chi connectivity index (χ0n) is 10.0. The number of morpholine rings is 1. The fourth-order valence-electron chi connectivity index (χ4n) is 2.76. The van der Waals surface area contributed by atoms with Crippen molar-refractivity contribution in [3.63, 3.8) is 0 Å². The van der Waals surface area contributed by atoms with Gasteiger partial charge >= 0.3 is 0 Å². The van der Waals surface area contributed by atoms with Crippen molar-refractivity contribution in [1.82, 2.24) is 4.90 Å². The van der Waals surface area contributed by atoms with Crippen molar-refractivity contribution < 1.29 is 9.53 Å². The highest BCUT2D eigenvalue weighted by molar-refractivity contribution is 5.77. The minimum Gasteiger partial charge on any atom is -0.377 e. The molecule has 0 aromatic rings. The van der Waals surface area contributed by atoms with Crippen LogP contribution in [-0.2, 0) is 9.53 Å². The standard InChI is InChI=1S/C12H22N2O2/c1-9-8-16-6-5-14(9)12(15)7-10-3-2-4-11(10)13/h9-11H,2-8,13H2,1H3/t9?,10-,11+/m0/s1. The monoisotopic (exact) mass is 226 g/mol. The van der Waals surface area contributed by atoms with Gasteiger partial charge in [-0.1, -0.05) is 6.42 Å². The second-order valence-electron chi connectivity index (χ2n) is 5.07. The van der Waals surface area contributed by atoms with Gasteiger partial charge in [0, 0.05) is 19.0 Å². The third kappa shape index (κ3) is 2.55. The lowest BCUT2D eigenvalue weighted by Gasteiger charge is -2.34. The van der Waals surface area contributed by atoms with E-state index in [9.17, 15) is 4.79 Å². The van der Waals surface area contributed by atoms with Crippen molar-refractivity contribution in [1.29, 1.82) is 0 Å². The first-order valence-electron chi connectivity index (χ1n) is 6.31. The Morgan fingerprint density at radius 2 is 2.31 bits per heavy atom. The first-order valence-corrected chi connectivity index (χ1v) is 6.31. The molecule has 2 N–H and O–H groups in total. The molecule has 0 aromatic heterocycles. The molecule has 1 heterocycles. The van der Waals surface area contributed by atoms with Crippen LogP contribution in [0.15, 0.2) is 0 Å². The number of hydrogen-bond acceptors (Lipinski definition) is 3. The zero-order valence-corrected chi connectivity index (χ0v) is 10.0. The van der Waals surface area contributed by atoms with Crippen molar-refractivity contribution >= 4 is 5.91 Å². The first-order chi connectivity index (χ1) is 7.68. The highest BCUT2D eigenvalue weighted by Gasteiger charge is 2.30. The Morgan fingerprint density at radius 3 is 2.94 bits per heavy atom. The summed E-state index contributed by atoms with van der Waals surface area (Å²) < 4.78 is 5.33. The van der Waals surface area contributed by atoms with Crippen LogP contribution in [0, 0.1) is 5.92 Å². The Morgan fingerprint density at radius 1 is 1.50 bits per heavy atom. The fourth-order valence-corrected chi connectivity index (χ4v) is 2.76. The van der Waals surface area contributed by atoms with Gasteiger partial charge in [0.2, 0.25) is 5.91 Å². The number of hydrogen-bond donors (Lipinski definition) is 1. The maximum absolute atomic E-state index is 12.1. The van der Waals surface area contributed by atoms with E-state index in [2.05, 4.69) is 0 Å². The van der Waals surface area contributed by atoms with Crippen molar-refractivity contribution in [3.8, 4) is 0 Å². The van der Waals surface area contributed by atoms with Crippen LogP contribution in [0.3, 0.4) is 0 Å². The van der Waals surface area contributed by atoms with E-state index in [1.54, 1.807) is 0 Å². The topological polar surface area (TPSA) is 55.6 Å². The van der Waals surface area contributed by atoms with Gasteiger partial charge in [-0.15, -0.1) is 0 Å². The molecule has 4 nitrogen and oxygen atoms in total. The molecule has 1 aliphatic carbocycles. The first kappa shape index (κ1) is 11.9. The van der Waals surface area contributed by atoms with Gasteiger partial charge < -0.3 is 15.4 Å². The molecule has 1 amide bonds. The number of rotatable bonds is 2. The average Bonchev–Trinajstić information content (AvgIpc) is 2.65. The molecule has 1 unspecified atom stereocenters. The van der Waals surface area contributed by atoms with E-state index < -0.39 is 0 Å². The molecule has 92 valence electrons. The summed E-state index contributed by atoms with van der Waals surface area (Å²) in [4.78, 5) is 14.1. The number of nitrogens with two attached hydrogens (primary N) is 1. The van der Waals surface area contributed by atoms with Crippen LogP contribution in [0.25, 0.3) is 0 Å².